The smallest absolute Gasteiger partial charge is 0.410 e. The number of carboxylic acid groups (broad SMARTS) is 1. The van der Waals surface area contributed by atoms with Gasteiger partial charge in [-0.2, -0.15) is 0 Å². The van der Waals surface area contributed by atoms with Crippen LogP contribution >= 0.6 is 11.6 Å². The van der Waals surface area contributed by atoms with Crippen molar-refractivity contribution in [2.24, 2.45) is 0 Å². The van der Waals surface area contributed by atoms with E-state index in [9.17, 15) is 14.7 Å². The fourth-order valence-corrected chi connectivity index (χ4v) is 2.55. The molecule has 1 aliphatic heterocycles. The van der Waals surface area contributed by atoms with Gasteiger partial charge in [0.05, 0.1) is 6.54 Å². The van der Waals surface area contributed by atoms with E-state index in [1.807, 2.05) is 6.92 Å². The van der Waals surface area contributed by atoms with Gasteiger partial charge in [0.2, 0.25) is 0 Å². The van der Waals surface area contributed by atoms with E-state index in [2.05, 4.69) is 0 Å². The van der Waals surface area contributed by atoms with E-state index < -0.39 is 24.2 Å². The molecule has 3 atom stereocenters. The molecule has 0 aromatic heterocycles. The van der Waals surface area contributed by atoms with Crippen molar-refractivity contribution in [2.75, 3.05) is 6.54 Å². The lowest BCUT2D eigenvalue weighted by molar-refractivity contribution is -0.141. The third-order valence-corrected chi connectivity index (χ3v) is 3.99. The summed E-state index contributed by atoms with van der Waals surface area (Å²) in [6.07, 6.45) is -0.426. The number of likely N-dealkylation sites (tertiary alicyclic amines) is 1. The Morgan fingerprint density at radius 2 is 2.22 bits per heavy atom. The predicted octanol–water partition coefficient (Wildman–Crippen LogP) is 3.18. The molecule has 1 unspecified atom stereocenters. The first-order valence-corrected chi connectivity index (χ1v) is 7.90. The van der Waals surface area contributed by atoms with E-state index in [1.54, 1.807) is 31.2 Å². The number of hydrogen-bond donors (Lipinski definition) is 1. The van der Waals surface area contributed by atoms with Gasteiger partial charge in [-0.25, -0.2) is 9.59 Å². The summed E-state index contributed by atoms with van der Waals surface area (Å²) >= 11 is 5.90. The second-order valence-electron chi connectivity index (χ2n) is 5.54. The minimum atomic E-state index is -1.07. The Kier molecular flexibility index (Phi) is 5.71. The Bertz CT molecular complexity index is 579. The van der Waals surface area contributed by atoms with Gasteiger partial charge in [-0.1, -0.05) is 24.6 Å². The number of carboxylic acids is 1. The van der Waals surface area contributed by atoms with Gasteiger partial charge in [-0.15, -0.1) is 0 Å². The number of carbonyl (C=O) groups is 2. The number of rotatable bonds is 5. The van der Waals surface area contributed by atoms with E-state index in [4.69, 9.17) is 21.1 Å². The molecular weight excluding hydrogens is 322 g/mol. The van der Waals surface area contributed by atoms with Crippen LogP contribution in [0.1, 0.15) is 26.7 Å². The lowest BCUT2D eigenvalue weighted by atomic mass is 10.2. The molecule has 1 aliphatic rings. The standard InChI is InChI=1S/C16H20ClNO5/c1-3-10(2)22-16(21)18-9-13(8-14(18)15(19)20)23-12-6-4-5-11(17)7-12/h4-7,10,13-14H,3,8-9H2,1-2H3,(H,19,20)/t10?,13-,14-/m0/s1. The number of benzene rings is 1. The van der Waals surface area contributed by atoms with Gasteiger partial charge in [0.15, 0.2) is 0 Å². The van der Waals surface area contributed by atoms with E-state index in [0.29, 0.717) is 17.2 Å². The summed E-state index contributed by atoms with van der Waals surface area (Å²) in [5, 5.41) is 9.86. The second-order valence-corrected chi connectivity index (χ2v) is 5.98. The first kappa shape index (κ1) is 17.4. The van der Waals surface area contributed by atoms with Crippen molar-refractivity contribution in [1.82, 2.24) is 4.90 Å². The molecule has 7 heteroatoms. The molecule has 1 saturated heterocycles. The normalized spacial score (nSPS) is 21.8. The minimum Gasteiger partial charge on any atom is -0.488 e. The number of ether oxygens (including phenoxy) is 2. The first-order chi connectivity index (χ1) is 10.9. The Labute approximate surface area is 139 Å². The van der Waals surface area contributed by atoms with Crippen LogP contribution in [-0.2, 0) is 9.53 Å². The fourth-order valence-electron chi connectivity index (χ4n) is 2.37. The zero-order chi connectivity index (χ0) is 17.0. The largest absolute Gasteiger partial charge is 0.488 e. The quantitative estimate of drug-likeness (QED) is 0.890. The average Bonchev–Trinajstić information content (AvgIpc) is 2.91. The van der Waals surface area contributed by atoms with Crippen molar-refractivity contribution in [1.29, 1.82) is 0 Å². The summed E-state index contributed by atoms with van der Waals surface area (Å²) in [7, 11) is 0. The SMILES string of the molecule is CCC(C)OC(=O)N1C[C@@H](Oc2cccc(Cl)c2)C[C@H]1C(=O)O. The Morgan fingerprint density at radius 1 is 1.48 bits per heavy atom. The molecule has 6 nitrogen and oxygen atoms in total. The lowest BCUT2D eigenvalue weighted by Crippen LogP contribution is -2.42. The highest BCUT2D eigenvalue weighted by atomic mass is 35.5. The molecule has 2 rings (SSSR count). The van der Waals surface area contributed by atoms with E-state index >= 15 is 0 Å². The summed E-state index contributed by atoms with van der Waals surface area (Å²) < 4.78 is 11.0. The summed E-state index contributed by atoms with van der Waals surface area (Å²) in [5.41, 5.74) is 0. The molecule has 0 saturated carbocycles. The number of carbonyl (C=O) groups excluding carboxylic acids is 1. The van der Waals surface area contributed by atoms with Crippen LogP contribution in [-0.4, -0.2) is 46.9 Å². The zero-order valence-electron chi connectivity index (χ0n) is 13.1. The average molecular weight is 342 g/mol. The van der Waals surface area contributed by atoms with Crippen molar-refractivity contribution in [3.8, 4) is 5.75 Å². The van der Waals surface area contributed by atoms with Crippen LogP contribution in [0.2, 0.25) is 5.02 Å². The molecule has 0 radical (unpaired) electrons. The maximum Gasteiger partial charge on any atom is 0.410 e. The van der Waals surface area contributed by atoms with Crippen LogP contribution in [0.25, 0.3) is 0 Å². The summed E-state index contributed by atoms with van der Waals surface area (Å²) in [4.78, 5) is 24.8. The molecular formula is C16H20ClNO5. The summed E-state index contributed by atoms with van der Waals surface area (Å²) in [5.74, 6) is -0.521. The zero-order valence-corrected chi connectivity index (χ0v) is 13.8. The number of aliphatic carboxylic acids is 1. The third-order valence-electron chi connectivity index (χ3n) is 3.76. The highest BCUT2D eigenvalue weighted by molar-refractivity contribution is 6.30. The monoisotopic (exact) mass is 341 g/mol. The van der Waals surface area contributed by atoms with Crippen molar-refractivity contribution >= 4 is 23.7 Å². The van der Waals surface area contributed by atoms with Crippen LogP contribution in [0.4, 0.5) is 4.79 Å². The molecule has 1 N–H and O–H groups in total. The van der Waals surface area contributed by atoms with Crippen LogP contribution in [0, 0.1) is 0 Å². The second kappa shape index (κ2) is 7.55. The van der Waals surface area contributed by atoms with Crippen molar-refractivity contribution in [3.05, 3.63) is 29.3 Å². The molecule has 1 aromatic carbocycles. The lowest BCUT2D eigenvalue weighted by Gasteiger charge is -2.22. The maximum absolute atomic E-state index is 12.1. The fraction of sp³-hybridized carbons (Fsp3) is 0.500. The van der Waals surface area contributed by atoms with Crippen molar-refractivity contribution in [3.63, 3.8) is 0 Å². The number of hydrogen-bond acceptors (Lipinski definition) is 4. The number of nitrogens with zero attached hydrogens (tertiary/aromatic N) is 1. The van der Waals surface area contributed by atoms with Gasteiger partial charge >= 0.3 is 12.1 Å². The van der Waals surface area contributed by atoms with Gasteiger partial charge < -0.3 is 14.6 Å². The number of halogens is 1. The molecule has 0 aliphatic carbocycles. The first-order valence-electron chi connectivity index (χ1n) is 7.53. The van der Waals surface area contributed by atoms with Gasteiger partial charge in [0.1, 0.15) is 24.0 Å². The molecule has 23 heavy (non-hydrogen) atoms. The molecule has 1 amide bonds. The number of amides is 1. The highest BCUT2D eigenvalue weighted by Gasteiger charge is 2.42. The maximum atomic E-state index is 12.1. The highest BCUT2D eigenvalue weighted by Crippen LogP contribution is 2.26. The molecule has 0 spiro atoms. The van der Waals surface area contributed by atoms with E-state index in [0.717, 1.165) is 0 Å². The predicted molar refractivity (Wildman–Crippen MR) is 84.8 cm³/mol. The Hall–Kier alpha value is -1.95. The Morgan fingerprint density at radius 3 is 2.83 bits per heavy atom. The Balaban J connectivity index is 2.05. The van der Waals surface area contributed by atoms with Crippen LogP contribution < -0.4 is 4.74 Å². The summed E-state index contributed by atoms with van der Waals surface area (Å²) in [6, 6.07) is 5.91. The molecule has 126 valence electrons. The van der Waals surface area contributed by atoms with Gasteiger partial charge in [-0.05, 0) is 31.5 Å². The topological polar surface area (TPSA) is 76.1 Å². The van der Waals surface area contributed by atoms with Crippen molar-refractivity contribution < 1.29 is 24.2 Å². The third kappa shape index (κ3) is 4.51. The molecule has 1 fully saturated rings. The van der Waals surface area contributed by atoms with Gasteiger partial charge in [0.25, 0.3) is 0 Å². The molecule has 1 aromatic rings. The van der Waals surface area contributed by atoms with E-state index in [1.165, 1.54) is 4.90 Å². The van der Waals surface area contributed by atoms with Crippen molar-refractivity contribution in [2.45, 2.75) is 44.9 Å². The van der Waals surface area contributed by atoms with Gasteiger partial charge in [0, 0.05) is 11.4 Å². The minimum absolute atomic E-state index is 0.165. The van der Waals surface area contributed by atoms with E-state index in [-0.39, 0.29) is 19.1 Å². The molecule has 0 bridgehead atoms. The van der Waals surface area contributed by atoms with Crippen LogP contribution in [0.15, 0.2) is 24.3 Å². The molecule has 1 heterocycles. The van der Waals surface area contributed by atoms with Crippen LogP contribution in [0.3, 0.4) is 0 Å². The van der Waals surface area contributed by atoms with Crippen LogP contribution in [0.5, 0.6) is 5.75 Å². The van der Waals surface area contributed by atoms with Gasteiger partial charge in [-0.3, -0.25) is 4.90 Å². The summed E-state index contributed by atoms with van der Waals surface area (Å²) in [6.45, 7) is 3.82.